The van der Waals surface area contributed by atoms with E-state index in [2.05, 4.69) is 32.4 Å². The van der Waals surface area contributed by atoms with E-state index in [1.54, 1.807) is 30.5 Å². The summed E-state index contributed by atoms with van der Waals surface area (Å²) in [5.41, 5.74) is 0.987. The van der Waals surface area contributed by atoms with Crippen LogP contribution in [0, 0.1) is 11.5 Å². The zero-order valence-electron chi connectivity index (χ0n) is 13.2. The molecule has 2 N–H and O–H groups in total. The third-order valence-electron chi connectivity index (χ3n) is 2.86. The fourth-order valence-electron chi connectivity index (χ4n) is 1.82. The number of hydrogen-bond acceptors (Lipinski definition) is 7. The van der Waals surface area contributed by atoms with Gasteiger partial charge in [0.15, 0.2) is 22.2 Å². The molecule has 7 nitrogen and oxygen atoms in total. The van der Waals surface area contributed by atoms with E-state index in [4.69, 9.17) is 5.26 Å². The van der Waals surface area contributed by atoms with Gasteiger partial charge in [-0.2, -0.15) is 5.26 Å². The van der Waals surface area contributed by atoms with Crippen molar-refractivity contribution in [2.45, 2.75) is 18.5 Å². The van der Waals surface area contributed by atoms with Crippen molar-refractivity contribution < 1.29 is 0 Å². The SMILES string of the molecule is CCCSc1nnc(-c2ccccc2N=C(NC#N)SC)c(=O)[nH]1. The van der Waals surface area contributed by atoms with E-state index < -0.39 is 0 Å². The highest BCUT2D eigenvalue weighted by Gasteiger charge is 2.12. The molecule has 0 radical (unpaired) electrons. The molecule has 0 unspecified atom stereocenters. The molecule has 1 aromatic heterocycles. The average Bonchev–Trinajstić information content (AvgIpc) is 2.60. The van der Waals surface area contributed by atoms with Gasteiger partial charge in [0.1, 0.15) is 0 Å². The molecule has 0 atom stereocenters. The largest absolute Gasteiger partial charge is 0.298 e. The smallest absolute Gasteiger partial charge is 0.278 e. The highest BCUT2D eigenvalue weighted by atomic mass is 32.2. The van der Waals surface area contributed by atoms with E-state index in [0.29, 0.717) is 21.6 Å². The Morgan fingerprint density at radius 2 is 2.21 bits per heavy atom. The molecule has 0 fully saturated rings. The fourth-order valence-corrected chi connectivity index (χ4v) is 2.81. The minimum absolute atomic E-state index is 0.201. The Kier molecular flexibility index (Phi) is 6.84. The molecule has 0 spiro atoms. The molecular formula is C15H16N6OS2. The molecule has 0 saturated heterocycles. The van der Waals surface area contributed by atoms with E-state index in [1.165, 1.54) is 23.5 Å². The summed E-state index contributed by atoms with van der Waals surface area (Å²) in [6.45, 7) is 2.06. The van der Waals surface area contributed by atoms with Gasteiger partial charge >= 0.3 is 0 Å². The van der Waals surface area contributed by atoms with Crippen LogP contribution in [0.2, 0.25) is 0 Å². The summed E-state index contributed by atoms with van der Waals surface area (Å²) in [5, 5.41) is 20.3. The van der Waals surface area contributed by atoms with Gasteiger partial charge in [0.2, 0.25) is 0 Å². The summed E-state index contributed by atoms with van der Waals surface area (Å²) in [6, 6.07) is 7.11. The number of rotatable bonds is 5. The highest BCUT2D eigenvalue weighted by molar-refractivity contribution is 8.13. The van der Waals surface area contributed by atoms with Crippen LogP contribution in [-0.2, 0) is 0 Å². The number of nitrogens with zero attached hydrogens (tertiary/aromatic N) is 4. The van der Waals surface area contributed by atoms with Gasteiger partial charge in [-0.15, -0.1) is 10.2 Å². The zero-order chi connectivity index (χ0) is 17.4. The topological polar surface area (TPSA) is 107 Å². The van der Waals surface area contributed by atoms with E-state index >= 15 is 0 Å². The second-order valence-electron chi connectivity index (χ2n) is 4.53. The van der Waals surface area contributed by atoms with Crippen molar-refractivity contribution in [3.8, 4) is 17.5 Å². The Balaban J connectivity index is 2.43. The lowest BCUT2D eigenvalue weighted by Gasteiger charge is -2.06. The molecule has 2 rings (SSSR count). The summed E-state index contributed by atoms with van der Waals surface area (Å²) < 4.78 is 0. The van der Waals surface area contributed by atoms with Crippen molar-refractivity contribution in [3.05, 3.63) is 34.6 Å². The third-order valence-corrected chi connectivity index (χ3v) is 4.51. The van der Waals surface area contributed by atoms with Gasteiger partial charge in [-0.3, -0.25) is 15.1 Å². The normalized spacial score (nSPS) is 11.1. The Morgan fingerprint density at radius 1 is 1.42 bits per heavy atom. The van der Waals surface area contributed by atoms with Crippen molar-refractivity contribution in [1.82, 2.24) is 20.5 Å². The number of aliphatic imine (C=N–C) groups is 1. The lowest BCUT2D eigenvalue weighted by molar-refractivity contribution is 0.823. The second kappa shape index (κ2) is 9.10. The molecule has 24 heavy (non-hydrogen) atoms. The van der Waals surface area contributed by atoms with Crippen LogP contribution >= 0.6 is 23.5 Å². The predicted molar refractivity (Wildman–Crippen MR) is 98.5 cm³/mol. The van der Waals surface area contributed by atoms with Crippen LogP contribution in [0.5, 0.6) is 0 Å². The van der Waals surface area contributed by atoms with Crippen LogP contribution in [-0.4, -0.2) is 32.4 Å². The number of nitriles is 1. The molecule has 1 heterocycles. The maximum absolute atomic E-state index is 12.3. The van der Waals surface area contributed by atoms with Gasteiger partial charge in [0.05, 0.1) is 5.69 Å². The van der Waals surface area contributed by atoms with Gasteiger partial charge < -0.3 is 0 Å². The van der Waals surface area contributed by atoms with E-state index in [0.717, 1.165) is 12.2 Å². The Hall–Kier alpha value is -2.31. The number of nitrogens with one attached hydrogen (secondary N) is 2. The molecule has 0 aliphatic heterocycles. The molecular weight excluding hydrogens is 344 g/mol. The maximum Gasteiger partial charge on any atom is 0.278 e. The average molecular weight is 360 g/mol. The van der Waals surface area contributed by atoms with Crippen molar-refractivity contribution in [3.63, 3.8) is 0 Å². The van der Waals surface area contributed by atoms with Crippen LogP contribution in [0.3, 0.4) is 0 Å². The minimum atomic E-state index is -0.315. The molecule has 0 saturated carbocycles. The Morgan fingerprint density at radius 3 is 2.88 bits per heavy atom. The first-order chi connectivity index (χ1) is 11.7. The number of para-hydroxylation sites is 1. The first-order valence-corrected chi connectivity index (χ1v) is 9.37. The maximum atomic E-state index is 12.3. The second-order valence-corrected chi connectivity index (χ2v) is 6.41. The van der Waals surface area contributed by atoms with Crippen LogP contribution in [0.15, 0.2) is 39.2 Å². The monoisotopic (exact) mass is 360 g/mol. The van der Waals surface area contributed by atoms with Crippen LogP contribution < -0.4 is 10.9 Å². The molecule has 0 bridgehead atoms. The van der Waals surface area contributed by atoms with Crippen molar-refractivity contribution in [1.29, 1.82) is 5.26 Å². The number of thioether (sulfide) groups is 2. The molecule has 124 valence electrons. The van der Waals surface area contributed by atoms with Crippen LogP contribution in [0.4, 0.5) is 5.69 Å². The number of amidine groups is 1. The zero-order valence-corrected chi connectivity index (χ0v) is 14.9. The fraction of sp³-hybridized carbons (Fsp3) is 0.267. The summed E-state index contributed by atoms with van der Waals surface area (Å²) in [4.78, 5) is 19.5. The summed E-state index contributed by atoms with van der Waals surface area (Å²) in [5.74, 6) is 0.863. The molecule has 9 heteroatoms. The highest BCUT2D eigenvalue weighted by Crippen LogP contribution is 2.27. The summed E-state index contributed by atoms with van der Waals surface area (Å²) in [6.07, 6.45) is 4.62. The number of aromatic amines is 1. The number of benzene rings is 1. The Labute approximate surface area is 148 Å². The lowest BCUT2D eigenvalue weighted by Crippen LogP contribution is -2.15. The van der Waals surface area contributed by atoms with Crippen molar-refractivity contribution >= 4 is 34.4 Å². The van der Waals surface area contributed by atoms with Crippen molar-refractivity contribution in [2.24, 2.45) is 4.99 Å². The number of H-pyrrole nitrogens is 1. The first-order valence-electron chi connectivity index (χ1n) is 7.16. The number of aromatic nitrogens is 3. The van der Waals surface area contributed by atoms with Crippen LogP contribution in [0.25, 0.3) is 11.3 Å². The van der Waals surface area contributed by atoms with E-state index in [1.807, 2.05) is 6.19 Å². The van der Waals surface area contributed by atoms with Crippen molar-refractivity contribution in [2.75, 3.05) is 12.0 Å². The molecule has 0 aliphatic rings. The van der Waals surface area contributed by atoms with Gasteiger partial charge in [-0.05, 0) is 18.7 Å². The third kappa shape index (κ3) is 4.59. The molecule has 0 amide bonds. The molecule has 2 aromatic rings. The van der Waals surface area contributed by atoms with E-state index in [-0.39, 0.29) is 11.3 Å². The predicted octanol–water partition coefficient (Wildman–Crippen LogP) is 2.76. The summed E-state index contributed by atoms with van der Waals surface area (Å²) in [7, 11) is 0. The quantitative estimate of drug-likeness (QED) is 0.277. The summed E-state index contributed by atoms with van der Waals surface area (Å²) >= 11 is 2.76. The molecule has 0 aliphatic carbocycles. The minimum Gasteiger partial charge on any atom is -0.298 e. The number of hydrogen-bond donors (Lipinski definition) is 2. The van der Waals surface area contributed by atoms with Gasteiger partial charge in [0.25, 0.3) is 5.56 Å². The standard InChI is InChI=1S/C15H16N6OS2/c1-3-8-24-15-19-13(22)12(20-21-15)10-6-4-5-7-11(10)18-14(23-2)17-9-16/h4-7H,3,8H2,1-2H3,(H,17,18)(H,19,21,22). The van der Waals surface area contributed by atoms with Gasteiger partial charge in [-0.25, -0.2) is 4.99 Å². The first kappa shape index (κ1) is 18.0. The van der Waals surface area contributed by atoms with Gasteiger partial charge in [0, 0.05) is 11.3 Å². The van der Waals surface area contributed by atoms with E-state index in [9.17, 15) is 4.79 Å². The Bertz CT molecular complexity index is 827. The van der Waals surface area contributed by atoms with Gasteiger partial charge in [-0.1, -0.05) is 48.6 Å². The molecule has 1 aromatic carbocycles. The van der Waals surface area contributed by atoms with Crippen LogP contribution in [0.1, 0.15) is 13.3 Å². The lowest BCUT2D eigenvalue weighted by atomic mass is 10.1.